The molecule has 0 atom stereocenters. The number of amides is 1. The Morgan fingerprint density at radius 2 is 1.96 bits per heavy atom. The van der Waals surface area contributed by atoms with E-state index in [2.05, 4.69) is 15.4 Å². The first-order chi connectivity index (χ1) is 12.1. The fourth-order valence-electron chi connectivity index (χ4n) is 2.87. The van der Waals surface area contributed by atoms with Crippen LogP contribution in [0.2, 0.25) is 0 Å². The Morgan fingerprint density at radius 3 is 2.68 bits per heavy atom. The molecule has 0 radical (unpaired) electrons. The van der Waals surface area contributed by atoms with Crippen LogP contribution in [0.25, 0.3) is 10.2 Å². The van der Waals surface area contributed by atoms with Crippen LogP contribution in [0, 0.1) is 6.92 Å². The van der Waals surface area contributed by atoms with Crippen molar-refractivity contribution in [1.29, 1.82) is 0 Å². The zero-order valence-corrected chi connectivity index (χ0v) is 14.9. The number of benzene rings is 2. The second-order valence-corrected chi connectivity index (χ2v) is 7.36. The lowest BCUT2D eigenvalue weighted by molar-refractivity contribution is 0.102. The Labute approximate surface area is 150 Å². The molecule has 0 fully saturated rings. The lowest BCUT2D eigenvalue weighted by Gasteiger charge is -2.14. The van der Waals surface area contributed by atoms with Crippen molar-refractivity contribution in [2.24, 2.45) is 5.10 Å². The molecule has 0 unspecified atom stereocenters. The molecular formula is C19H18N4OS. The molecule has 0 saturated heterocycles. The molecule has 0 bridgehead atoms. The number of hydrogen-bond acceptors (Lipinski definition) is 5. The highest BCUT2D eigenvalue weighted by Gasteiger charge is 2.14. The van der Waals surface area contributed by atoms with Crippen LogP contribution in [0.1, 0.15) is 28.7 Å². The molecule has 6 heteroatoms. The van der Waals surface area contributed by atoms with Gasteiger partial charge in [-0.2, -0.15) is 5.10 Å². The van der Waals surface area contributed by atoms with E-state index in [1.807, 2.05) is 61.3 Å². The van der Waals surface area contributed by atoms with Crippen molar-refractivity contribution in [3.8, 4) is 0 Å². The van der Waals surface area contributed by atoms with Crippen LogP contribution in [0.3, 0.4) is 0 Å². The summed E-state index contributed by atoms with van der Waals surface area (Å²) in [6, 6.07) is 13.3. The van der Waals surface area contributed by atoms with Gasteiger partial charge in [0.15, 0.2) is 0 Å². The maximum absolute atomic E-state index is 12.5. The van der Waals surface area contributed by atoms with Gasteiger partial charge in [0.05, 0.1) is 20.9 Å². The van der Waals surface area contributed by atoms with Gasteiger partial charge >= 0.3 is 0 Å². The molecule has 0 aliphatic carbocycles. The number of nitrogens with one attached hydrogen (secondary N) is 1. The number of nitrogens with zero attached hydrogens (tertiary/aromatic N) is 3. The Balaban J connectivity index is 1.50. The fraction of sp³-hybridized carbons (Fsp3) is 0.211. The Morgan fingerprint density at radius 1 is 1.16 bits per heavy atom. The van der Waals surface area contributed by atoms with Crippen LogP contribution >= 0.6 is 11.3 Å². The molecule has 1 N–H and O–H groups in total. The summed E-state index contributed by atoms with van der Waals surface area (Å²) in [5.74, 6) is -0.117. The van der Waals surface area contributed by atoms with Gasteiger partial charge in [-0.3, -0.25) is 9.80 Å². The van der Waals surface area contributed by atoms with Crippen LogP contribution < -0.4 is 10.3 Å². The SMILES string of the molecule is CC1=NN(c2ccc(C(=O)Nc3ccc4nc(C)sc4c3)cc2)CC1. The number of carbonyl (C=O) groups excluding carboxylic acids is 1. The molecule has 1 amide bonds. The number of hydrogen-bond donors (Lipinski definition) is 1. The zero-order chi connectivity index (χ0) is 17.4. The maximum atomic E-state index is 12.5. The number of fused-ring (bicyclic) bond motifs is 1. The van der Waals surface area contributed by atoms with Crippen LogP contribution in [-0.4, -0.2) is 23.1 Å². The summed E-state index contributed by atoms with van der Waals surface area (Å²) < 4.78 is 1.08. The molecule has 0 spiro atoms. The van der Waals surface area contributed by atoms with Crippen molar-refractivity contribution >= 4 is 44.5 Å². The number of anilines is 2. The van der Waals surface area contributed by atoms with E-state index in [4.69, 9.17) is 0 Å². The monoisotopic (exact) mass is 350 g/mol. The molecule has 126 valence electrons. The normalized spacial score (nSPS) is 14.0. The molecule has 4 rings (SSSR count). The molecule has 3 aromatic rings. The van der Waals surface area contributed by atoms with Gasteiger partial charge in [0.1, 0.15) is 0 Å². The summed E-state index contributed by atoms with van der Waals surface area (Å²) in [5, 5.41) is 10.4. The largest absolute Gasteiger partial charge is 0.322 e. The standard InChI is InChI=1S/C19H18N4OS/c1-12-9-10-23(22-12)16-6-3-14(4-7-16)19(24)21-15-5-8-17-18(11-15)25-13(2)20-17/h3-8,11H,9-10H2,1-2H3,(H,21,24). The molecule has 2 heterocycles. The van der Waals surface area contributed by atoms with E-state index in [0.717, 1.165) is 45.3 Å². The average molecular weight is 350 g/mol. The molecule has 1 aliphatic rings. The first-order valence-corrected chi connectivity index (χ1v) is 9.00. The van der Waals surface area contributed by atoms with Crippen LogP contribution in [0.15, 0.2) is 47.6 Å². The summed E-state index contributed by atoms with van der Waals surface area (Å²) in [4.78, 5) is 16.9. The molecule has 0 saturated carbocycles. The maximum Gasteiger partial charge on any atom is 0.255 e. The molecule has 25 heavy (non-hydrogen) atoms. The minimum absolute atomic E-state index is 0.117. The number of thiazole rings is 1. The van der Waals surface area contributed by atoms with Crippen LogP contribution in [0.5, 0.6) is 0 Å². The van der Waals surface area contributed by atoms with E-state index in [0.29, 0.717) is 5.56 Å². The third-order valence-electron chi connectivity index (χ3n) is 4.16. The molecule has 5 nitrogen and oxygen atoms in total. The topological polar surface area (TPSA) is 57.6 Å². The van der Waals surface area contributed by atoms with Crippen molar-refractivity contribution in [2.75, 3.05) is 16.9 Å². The molecule has 1 aromatic heterocycles. The summed E-state index contributed by atoms with van der Waals surface area (Å²) in [7, 11) is 0. The van der Waals surface area contributed by atoms with Crippen molar-refractivity contribution < 1.29 is 4.79 Å². The number of aryl methyl sites for hydroxylation is 1. The summed E-state index contributed by atoms with van der Waals surface area (Å²) in [5.41, 5.74) is 4.52. The third kappa shape index (κ3) is 3.25. The smallest absolute Gasteiger partial charge is 0.255 e. The Hall–Kier alpha value is -2.73. The lowest BCUT2D eigenvalue weighted by atomic mass is 10.2. The van der Waals surface area contributed by atoms with E-state index >= 15 is 0 Å². The highest BCUT2D eigenvalue weighted by Crippen LogP contribution is 2.25. The van der Waals surface area contributed by atoms with Gasteiger partial charge in [-0.05, 0) is 56.3 Å². The van der Waals surface area contributed by atoms with E-state index in [9.17, 15) is 4.79 Å². The highest BCUT2D eigenvalue weighted by molar-refractivity contribution is 7.18. The van der Waals surface area contributed by atoms with Gasteiger partial charge in [0.2, 0.25) is 0 Å². The Bertz CT molecular complexity index is 975. The highest BCUT2D eigenvalue weighted by atomic mass is 32.1. The van der Waals surface area contributed by atoms with E-state index < -0.39 is 0 Å². The van der Waals surface area contributed by atoms with Crippen molar-refractivity contribution in [2.45, 2.75) is 20.3 Å². The minimum atomic E-state index is -0.117. The summed E-state index contributed by atoms with van der Waals surface area (Å²) in [6.45, 7) is 4.91. The third-order valence-corrected chi connectivity index (χ3v) is 5.09. The minimum Gasteiger partial charge on any atom is -0.322 e. The quantitative estimate of drug-likeness (QED) is 0.759. The van der Waals surface area contributed by atoms with Crippen molar-refractivity contribution in [3.05, 3.63) is 53.0 Å². The van der Waals surface area contributed by atoms with Crippen LogP contribution in [0.4, 0.5) is 11.4 Å². The van der Waals surface area contributed by atoms with Gasteiger partial charge in [-0.25, -0.2) is 4.98 Å². The second-order valence-electron chi connectivity index (χ2n) is 6.12. The average Bonchev–Trinajstić information content (AvgIpc) is 3.19. The Kier molecular flexibility index (Phi) is 3.97. The summed E-state index contributed by atoms with van der Waals surface area (Å²) in [6.07, 6.45) is 0.988. The zero-order valence-electron chi connectivity index (χ0n) is 14.1. The van der Waals surface area contributed by atoms with Crippen molar-refractivity contribution in [3.63, 3.8) is 0 Å². The van der Waals surface area contributed by atoms with E-state index in [1.165, 1.54) is 0 Å². The summed E-state index contributed by atoms with van der Waals surface area (Å²) >= 11 is 1.63. The van der Waals surface area contributed by atoms with Gasteiger partial charge in [0.25, 0.3) is 5.91 Å². The molecular weight excluding hydrogens is 332 g/mol. The predicted molar refractivity (Wildman–Crippen MR) is 104 cm³/mol. The fourth-order valence-corrected chi connectivity index (χ4v) is 3.73. The number of hydrazone groups is 1. The van der Waals surface area contributed by atoms with Gasteiger partial charge in [-0.15, -0.1) is 11.3 Å². The van der Waals surface area contributed by atoms with Gasteiger partial charge < -0.3 is 5.32 Å². The van der Waals surface area contributed by atoms with E-state index in [-0.39, 0.29) is 5.91 Å². The number of aromatic nitrogens is 1. The second kappa shape index (κ2) is 6.29. The van der Waals surface area contributed by atoms with Crippen molar-refractivity contribution in [1.82, 2.24) is 4.98 Å². The number of carbonyl (C=O) groups is 1. The molecule has 1 aliphatic heterocycles. The lowest BCUT2D eigenvalue weighted by Crippen LogP contribution is -2.14. The first-order valence-electron chi connectivity index (χ1n) is 8.19. The molecule has 2 aromatic carbocycles. The first kappa shape index (κ1) is 15.8. The van der Waals surface area contributed by atoms with Gasteiger partial charge in [0, 0.05) is 29.9 Å². The van der Waals surface area contributed by atoms with Gasteiger partial charge in [-0.1, -0.05) is 0 Å². The number of rotatable bonds is 3. The van der Waals surface area contributed by atoms with Crippen LogP contribution in [-0.2, 0) is 0 Å². The predicted octanol–water partition coefficient (Wildman–Crippen LogP) is 4.44. The van der Waals surface area contributed by atoms with E-state index in [1.54, 1.807) is 11.3 Å².